The molecule has 2 aromatic heterocycles. The number of hydrogen-bond donors (Lipinski definition) is 0. The Morgan fingerprint density at radius 1 is 1.17 bits per heavy atom. The molecule has 3 rings (SSSR count). The van der Waals surface area contributed by atoms with E-state index in [9.17, 15) is 0 Å². The van der Waals surface area contributed by atoms with Gasteiger partial charge < -0.3 is 0 Å². The molecule has 3 aromatic rings. The van der Waals surface area contributed by atoms with E-state index in [0.717, 1.165) is 12.0 Å². The molecule has 0 fully saturated rings. The van der Waals surface area contributed by atoms with Crippen LogP contribution in [0.5, 0.6) is 0 Å². The topological polar surface area (TPSA) is 43.1 Å². The average molecular weight is 259 g/mol. The van der Waals surface area contributed by atoms with Crippen molar-refractivity contribution >= 4 is 17.2 Å². The van der Waals surface area contributed by atoms with Gasteiger partial charge in [0.05, 0.1) is 0 Å². The second-order valence-electron chi connectivity index (χ2n) is 4.00. The minimum absolute atomic E-state index is 0.426. The fraction of sp³-hybridized carbons (Fsp3) is 0.154. The van der Waals surface area contributed by atoms with Crippen LogP contribution in [-0.2, 0) is 6.42 Å². The highest BCUT2D eigenvalue weighted by molar-refractivity contribution is 6.29. The fourth-order valence-corrected chi connectivity index (χ4v) is 2.02. The second-order valence-corrected chi connectivity index (χ2v) is 4.39. The predicted molar refractivity (Wildman–Crippen MR) is 70.6 cm³/mol. The average Bonchev–Trinajstić information content (AvgIpc) is 2.81. The number of aryl methyl sites for hydroxylation is 1. The summed E-state index contributed by atoms with van der Waals surface area (Å²) in [6, 6.07) is 11.7. The molecule has 0 aliphatic carbocycles. The van der Waals surface area contributed by atoms with Gasteiger partial charge in [-0.3, -0.25) is 0 Å². The van der Waals surface area contributed by atoms with Gasteiger partial charge in [0.25, 0.3) is 0 Å². The summed E-state index contributed by atoms with van der Waals surface area (Å²) in [6.07, 6.45) is 0.985. The SMILES string of the molecule is CCc1cccc(-c2nnc3ccc(Cl)nn23)c1. The molecule has 0 radical (unpaired) electrons. The van der Waals surface area contributed by atoms with Gasteiger partial charge in [-0.25, -0.2) is 0 Å². The molecule has 0 spiro atoms. The Morgan fingerprint density at radius 2 is 2.06 bits per heavy atom. The first-order valence-electron chi connectivity index (χ1n) is 5.75. The van der Waals surface area contributed by atoms with Crippen molar-refractivity contribution in [2.24, 2.45) is 0 Å². The lowest BCUT2D eigenvalue weighted by atomic mass is 10.1. The van der Waals surface area contributed by atoms with Crippen molar-refractivity contribution in [3.8, 4) is 11.4 Å². The highest BCUT2D eigenvalue weighted by atomic mass is 35.5. The van der Waals surface area contributed by atoms with Gasteiger partial charge in [0, 0.05) is 5.56 Å². The summed E-state index contributed by atoms with van der Waals surface area (Å²) in [5.41, 5.74) is 2.94. The smallest absolute Gasteiger partial charge is 0.185 e. The van der Waals surface area contributed by atoms with Gasteiger partial charge >= 0.3 is 0 Å². The van der Waals surface area contributed by atoms with E-state index >= 15 is 0 Å². The lowest BCUT2D eigenvalue weighted by molar-refractivity contribution is 0.935. The van der Waals surface area contributed by atoms with Gasteiger partial charge in [-0.1, -0.05) is 36.7 Å². The molecule has 0 saturated heterocycles. The van der Waals surface area contributed by atoms with E-state index < -0.39 is 0 Å². The maximum Gasteiger partial charge on any atom is 0.185 e. The molecule has 5 heteroatoms. The molecule has 18 heavy (non-hydrogen) atoms. The van der Waals surface area contributed by atoms with Crippen LogP contribution >= 0.6 is 11.6 Å². The third kappa shape index (κ3) is 1.84. The zero-order valence-corrected chi connectivity index (χ0v) is 10.6. The van der Waals surface area contributed by atoms with E-state index in [4.69, 9.17) is 11.6 Å². The quantitative estimate of drug-likeness (QED) is 0.710. The van der Waals surface area contributed by atoms with Crippen molar-refractivity contribution < 1.29 is 0 Å². The molecule has 0 aliphatic rings. The van der Waals surface area contributed by atoms with Gasteiger partial charge in [0.1, 0.15) is 5.15 Å². The van der Waals surface area contributed by atoms with Gasteiger partial charge in [-0.15, -0.1) is 10.2 Å². The molecule has 0 saturated carbocycles. The van der Waals surface area contributed by atoms with Crippen LogP contribution in [0.2, 0.25) is 5.15 Å². The summed E-state index contributed by atoms with van der Waals surface area (Å²) in [6.45, 7) is 2.12. The Labute approximate surface area is 109 Å². The highest BCUT2D eigenvalue weighted by Crippen LogP contribution is 2.19. The van der Waals surface area contributed by atoms with E-state index in [-0.39, 0.29) is 0 Å². The Kier molecular flexibility index (Phi) is 2.72. The van der Waals surface area contributed by atoms with Crippen molar-refractivity contribution in [3.05, 3.63) is 47.1 Å². The number of halogens is 1. The van der Waals surface area contributed by atoms with Crippen molar-refractivity contribution in [2.45, 2.75) is 13.3 Å². The van der Waals surface area contributed by atoms with Crippen molar-refractivity contribution in [1.82, 2.24) is 19.8 Å². The van der Waals surface area contributed by atoms with Crippen molar-refractivity contribution in [3.63, 3.8) is 0 Å². The van der Waals surface area contributed by atoms with E-state index in [1.807, 2.05) is 12.1 Å². The first-order chi connectivity index (χ1) is 8.78. The van der Waals surface area contributed by atoms with Crippen LogP contribution in [0.25, 0.3) is 17.0 Å². The Morgan fingerprint density at radius 3 is 2.89 bits per heavy atom. The van der Waals surface area contributed by atoms with Gasteiger partial charge in [-0.05, 0) is 30.2 Å². The normalized spacial score (nSPS) is 11.0. The van der Waals surface area contributed by atoms with Crippen LogP contribution in [0.15, 0.2) is 36.4 Å². The highest BCUT2D eigenvalue weighted by Gasteiger charge is 2.09. The molecule has 0 unspecified atom stereocenters. The summed E-state index contributed by atoms with van der Waals surface area (Å²) < 4.78 is 1.66. The number of rotatable bonds is 2. The van der Waals surface area contributed by atoms with Gasteiger partial charge in [0.15, 0.2) is 11.5 Å². The lowest BCUT2D eigenvalue weighted by Crippen LogP contribution is -1.95. The summed E-state index contributed by atoms with van der Waals surface area (Å²) >= 11 is 5.91. The largest absolute Gasteiger partial charge is 0.191 e. The molecule has 0 bridgehead atoms. The molecule has 1 aromatic carbocycles. The third-order valence-corrected chi connectivity index (χ3v) is 3.03. The minimum atomic E-state index is 0.426. The molecule has 90 valence electrons. The molecule has 0 atom stereocenters. The second kappa shape index (κ2) is 4.38. The molecule has 0 N–H and O–H groups in total. The number of fused-ring (bicyclic) bond motifs is 1. The van der Waals surface area contributed by atoms with Crippen molar-refractivity contribution in [1.29, 1.82) is 0 Å². The number of aromatic nitrogens is 4. The monoisotopic (exact) mass is 258 g/mol. The summed E-state index contributed by atoms with van der Waals surface area (Å²) in [5, 5.41) is 12.9. The molecular weight excluding hydrogens is 248 g/mol. The lowest BCUT2D eigenvalue weighted by Gasteiger charge is -2.01. The number of benzene rings is 1. The van der Waals surface area contributed by atoms with E-state index in [1.54, 1.807) is 16.6 Å². The van der Waals surface area contributed by atoms with Gasteiger partial charge in [-0.2, -0.15) is 9.61 Å². The van der Waals surface area contributed by atoms with E-state index in [2.05, 4.69) is 34.4 Å². The molecule has 0 aliphatic heterocycles. The molecular formula is C13H11ClN4. The summed E-state index contributed by atoms with van der Waals surface area (Å²) in [7, 11) is 0. The van der Waals surface area contributed by atoms with Crippen LogP contribution < -0.4 is 0 Å². The zero-order valence-electron chi connectivity index (χ0n) is 9.84. The van der Waals surface area contributed by atoms with Crippen LogP contribution in [0, 0.1) is 0 Å². The van der Waals surface area contributed by atoms with E-state index in [0.29, 0.717) is 16.6 Å². The number of hydrogen-bond acceptors (Lipinski definition) is 3. The Bertz CT molecular complexity index is 705. The van der Waals surface area contributed by atoms with Crippen LogP contribution in [-0.4, -0.2) is 19.8 Å². The van der Waals surface area contributed by atoms with Crippen LogP contribution in [0.3, 0.4) is 0 Å². The minimum Gasteiger partial charge on any atom is -0.191 e. The van der Waals surface area contributed by atoms with Gasteiger partial charge in [0.2, 0.25) is 0 Å². The maximum absolute atomic E-state index is 5.91. The van der Waals surface area contributed by atoms with Crippen molar-refractivity contribution in [2.75, 3.05) is 0 Å². The fourth-order valence-electron chi connectivity index (χ4n) is 1.88. The standard InChI is InChI=1S/C13H11ClN4/c1-2-9-4-3-5-10(8-9)13-16-15-12-7-6-11(14)17-18(12)13/h3-8H,2H2,1H3. The summed E-state index contributed by atoms with van der Waals surface area (Å²) in [4.78, 5) is 0. The Balaban J connectivity index is 2.21. The third-order valence-electron chi connectivity index (χ3n) is 2.82. The first-order valence-corrected chi connectivity index (χ1v) is 6.13. The molecule has 4 nitrogen and oxygen atoms in total. The van der Waals surface area contributed by atoms with Crippen LogP contribution in [0.1, 0.15) is 12.5 Å². The zero-order chi connectivity index (χ0) is 12.5. The number of nitrogens with zero attached hydrogens (tertiary/aromatic N) is 4. The predicted octanol–water partition coefficient (Wildman–Crippen LogP) is 3.01. The van der Waals surface area contributed by atoms with E-state index in [1.165, 1.54) is 5.56 Å². The summed E-state index contributed by atoms with van der Waals surface area (Å²) in [5.74, 6) is 0.711. The molecule has 2 heterocycles. The molecule has 0 amide bonds. The maximum atomic E-state index is 5.91. The van der Waals surface area contributed by atoms with Crippen LogP contribution in [0.4, 0.5) is 0 Å². The first kappa shape index (κ1) is 11.2. The Hall–Kier alpha value is -1.94.